The van der Waals surface area contributed by atoms with Gasteiger partial charge in [-0.15, -0.1) is 13.2 Å². The first-order valence-electron chi connectivity index (χ1n) is 5.51. The molecule has 0 unspecified atom stereocenters. The van der Waals surface area contributed by atoms with Crippen LogP contribution in [0.1, 0.15) is 5.56 Å². The topological polar surface area (TPSA) is 29.5 Å². The molecular formula is C14H11F3O2. The van der Waals surface area contributed by atoms with Gasteiger partial charge in [0.1, 0.15) is 11.5 Å². The largest absolute Gasteiger partial charge is 0.573 e. The van der Waals surface area contributed by atoms with Crippen LogP contribution in [0.15, 0.2) is 42.5 Å². The van der Waals surface area contributed by atoms with Crippen LogP contribution in [-0.4, -0.2) is 11.5 Å². The van der Waals surface area contributed by atoms with E-state index in [1.165, 1.54) is 24.3 Å². The zero-order valence-electron chi connectivity index (χ0n) is 10.0. The van der Waals surface area contributed by atoms with Gasteiger partial charge in [-0.2, -0.15) is 0 Å². The van der Waals surface area contributed by atoms with E-state index < -0.39 is 6.36 Å². The average molecular weight is 268 g/mol. The summed E-state index contributed by atoms with van der Waals surface area (Å²) >= 11 is 0. The maximum atomic E-state index is 12.0. The van der Waals surface area contributed by atoms with Gasteiger partial charge in [-0.3, -0.25) is 0 Å². The monoisotopic (exact) mass is 268 g/mol. The molecule has 2 nitrogen and oxygen atoms in total. The van der Waals surface area contributed by atoms with Crippen LogP contribution in [0.5, 0.6) is 11.5 Å². The van der Waals surface area contributed by atoms with Crippen molar-refractivity contribution in [2.75, 3.05) is 0 Å². The van der Waals surface area contributed by atoms with Crippen molar-refractivity contribution in [3.8, 4) is 22.6 Å². The molecule has 2 aromatic rings. The second kappa shape index (κ2) is 4.84. The van der Waals surface area contributed by atoms with E-state index in [9.17, 15) is 18.3 Å². The van der Waals surface area contributed by atoms with Crippen LogP contribution in [0.3, 0.4) is 0 Å². The molecule has 0 radical (unpaired) electrons. The minimum absolute atomic E-state index is 0.0788. The van der Waals surface area contributed by atoms with Gasteiger partial charge >= 0.3 is 6.36 Å². The maximum absolute atomic E-state index is 12.0. The van der Waals surface area contributed by atoms with E-state index in [1.54, 1.807) is 18.2 Å². The summed E-state index contributed by atoms with van der Waals surface area (Å²) in [6.45, 7) is 1.87. The fraction of sp³-hybridized carbons (Fsp3) is 0.143. The van der Waals surface area contributed by atoms with Crippen LogP contribution in [0, 0.1) is 6.92 Å². The third-order valence-electron chi connectivity index (χ3n) is 2.55. The highest BCUT2D eigenvalue weighted by Gasteiger charge is 2.30. The second-order valence-corrected chi connectivity index (χ2v) is 4.09. The molecule has 0 amide bonds. The van der Waals surface area contributed by atoms with Gasteiger partial charge in [0.15, 0.2) is 0 Å². The fourth-order valence-corrected chi connectivity index (χ4v) is 1.72. The normalized spacial score (nSPS) is 11.4. The van der Waals surface area contributed by atoms with Crippen molar-refractivity contribution < 1.29 is 23.0 Å². The molecule has 1 N–H and O–H groups in total. The lowest BCUT2D eigenvalue weighted by molar-refractivity contribution is -0.274. The third-order valence-corrected chi connectivity index (χ3v) is 2.55. The SMILES string of the molecule is Cc1ccc(O)c(-c2ccc(OC(F)(F)F)cc2)c1. The molecule has 0 saturated heterocycles. The fourth-order valence-electron chi connectivity index (χ4n) is 1.72. The molecule has 2 rings (SSSR count). The highest BCUT2D eigenvalue weighted by Crippen LogP contribution is 2.32. The first-order valence-corrected chi connectivity index (χ1v) is 5.51. The number of phenolic OH excluding ortho intramolecular Hbond substituents is 1. The number of ether oxygens (including phenoxy) is 1. The molecule has 0 atom stereocenters. The van der Waals surface area contributed by atoms with Crippen LogP contribution in [0.25, 0.3) is 11.1 Å². The molecule has 0 spiro atoms. The number of halogens is 3. The Bertz CT molecular complexity index is 574. The Morgan fingerprint density at radius 3 is 2.21 bits per heavy atom. The smallest absolute Gasteiger partial charge is 0.507 e. The van der Waals surface area contributed by atoms with Crippen molar-refractivity contribution in [2.24, 2.45) is 0 Å². The zero-order valence-corrected chi connectivity index (χ0v) is 10.0. The van der Waals surface area contributed by atoms with E-state index in [1.807, 2.05) is 6.92 Å². The summed E-state index contributed by atoms with van der Waals surface area (Å²) in [6.07, 6.45) is -4.70. The van der Waals surface area contributed by atoms with Gasteiger partial charge in [0.05, 0.1) is 0 Å². The molecule has 5 heteroatoms. The number of rotatable bonds is 2. The highest BCUT2D eigenvalue weighted by molar-refractivity contribution is 5.71. The van der Waals surface area contributed by atoms with Crippen molar-refractivity contribution >= 4 is 0 Å². The van der Waals surface area contributed by atoms with Gasteiger partial charge in [-0.25, -0.2) is 0 Å². The van der Waals surface area contributed by atoms with E-state index in [0.717, 1.165) is 5.56 Å². The number of benzene rings is 2. The van der Waals surface area contributed by atoms with Crippen LogP contribution in [0.2, 0.25) is 0 Å². The highest BCUT2D eigenvalue weighted by atomic mass is 19.4. The Labute approximate surface area is 108 Å². The van der Waals surface area contributed by atoms with Crippen LogP contribution in [-0.2, 0) is 0 Å². The van der Waals surface area contributed by atoms with Crippen molar-refractivity contribution in [1.82, 2.24) is 0 Å². The van der Waals surface area contributed by atoms with Gasteiger partial charge in [-0.1, -0.05) is 23.8 Å². The number of phenols is 1. The Hall–Kier alpha value is -2.17. The molecular weight excluding hydrogens is 257 g/mol. The number of alkyl halides is 3. The molecule has 0 fully saturated rings. The second-order valence-electron chi connectivity index (χ2n) is 4.09. The minimum atomic E-state index is -4.70. The van der Waals surface area contributed by atoms with E-state index in [4.69, 9.17) is 0 Å². The maximum Gasteiger partial charge on any atom is 0.573 e. The summed E-state index contributed by atoms with van der Waals surface area (Å²) in [7, 11) is 0. The van der Waals surface area contributed by atoms with Crippen molar-refractivity contribution in [1.29, 1.82) is 0 Å². The molecule has 2 aromatic carbocycles. The van der Waals surface area contributed by atoms with Crippen LogP contribution < -0.4 is 4.74 Å². The summed E-state index contributed by atoms with van der Waals surface area (Å²) < 4.78 is 39.8. The standard InChI is InChI=1S/C14H11F3O2/c1-9-2-7-13(18)12(8-9)10-3-5-11(6-4-10)19-14(15,16)17/h2-8,18H,1H3. The quantitative estimate of drug-likeness (QED) is 0.881. The van der Waals surface area contributed by atoms with Gasteiger partial charge in [0.25, 0.3) is 0 Å². The summed E-state index contributed by atoms with van der Waals surface area (Å²) in [5.41, 5.74) is 2.14. The summed E-state index contributed by atoms with van der Waals surface area (Å²) in [5.74, 6) is -0.210. The third kappa shape index (κ3) is 3.40. The van der Waals surface area contributed by atoms with E-state index in [2.05, 4.69) is 4.74 Å². The predicted octanol–water partition coefficient (Wildman–Crippen LogP) is 4.27. The lowest BCUT2D eigenvalue weighted by Crippen LogP contribution is -2.16. The number of aromatic hydroxyl groups is 1. The molecule has 0 aromatic heterocycles. The Morgan fingerprint density at radius 1 is 1.00 bits per heavy atom. The average Bonchev–Trinajstić information content (AvgIpc) is 2.31. The van der Waals surface area contributed by atoms with Crippen molar-refractivity contribution in [3.63, 3.8) is 0 Å². The summed E-state index contributed by atoms with van der Waals surface area (Å²) in [6, 6.07) is 10.4. The van der Waals surface area contributed by atoms with Gasteiger partial charge in [0, 0.05) is 5.56 Å². The summed E-state index contributed by atoms with van der Waals surface area (Å²) in [5, 5.41) is 9.73. The number of aryl methyl sites for hydroxylation is 1. The molecule has 0 saturated carbocycles. The van der Waals surface area contributed by atoms with E-state index in [0.29, 0.717) is 11.1 Å². The van der Waals surface area contributed by atoms with Gasteiger partial charge < -0.3 is 9.84 Å². The van der Waals surface area contributed by atoms with Crippen molar-refractivity contribution in [2.45, 2.75) is 13.3 Å². The predicted molar refractivity (Wildman–Crippen MR) is 65.0 cm³/mol. The number of hydrogen-bond acceptors (Lipinski definition) is 2. The Morgan fingerprint density at radius 2 is 1.63 bits per heavy atom. The minimum Gasteiger partial charge on any atom is -0.507 e. The van der Waals surface area contributed by atoms with Crippen LogP contribution >= 0.6 is 0 Å². The van der Waals surface area contributed by atoms with Crippen molar-refractivity contribution in [3.05, 3.63) is 48.0 Å². The Balaban J connectivity index is 2.30. The first-order chi connectivity index (χ1) is 8.85. The molecule has 0 aliphatic heterocycles. The lowest BCUT2D eigenvalue weighted by Gasteiger charge is -2.10. The van der Waals surface area contributed by atoms with E-state index >= 15 is 0 Å². The molecule has 100 valence electrons. The molecule has 0 bridgehead atoms. The lowest BCUT2D eigenvalue weighted by atomic mass is 10.0. The molecule has 19 heavy (non-hydrogen) atoms. The number of hydrogen-bond donors (Lipinski definition) is 1. The zero-order chi connectivity index (χ0) is 14.0. The van der Waals surface area contributed by atoms with Gasteiger partial charge in [0.2, 0.25) is 0 Å². The van der Waals surface area contributed by atoms with E-state index in [-0.39, 0.29) is 11.5 Å². The van der Waals surface area contributed by atoms with Crippen LogP contribution in [0.4, 0.5) is 13.2 Å². The molecule has 0 aliphatic rings. The van der Waals surface area contributed by atoms with Gasteiger partial charge in [-0.05, 0) is 36.8 Å². The molecule has 0 heterocycles. The Kier molecular flexibility index (Phi) is 3.38. The first kappa shape index (κ1) is 13.3. The molecule has 0 aliphatic carbocycles. The summed E-state index contributed by atoms with van der Waals surface area (Å²) in [4.78, 5) is 0.